The number of hydrogen-bond acceptors (Lipinski definition) is 5. The summed E-state index contributed by atoms with van der Waals surface area (Å²) in [5, 5.41) is 7.21. The Morgan fingerprint density at radius 2 is 1.96 bits per heavy atom. The van der Waals surface area contributed by atoms with Gasteiger partial charge in [-0.3, -0.25) is 4.57 Å². The Hall–Kier alpha value is -2.57. The van der Waals surface area contributed by atoms with Gasteiger partial charge in [-0.1, -0.05) is 29.8 Å². The average Bonchev–Trinajstić information content (AvgIpc) is 2.61. The summed E-state index contributed by atoms with van der Waals surface area (Å²) in [6.07, 6.45) is 0. The Balaban J connectivity index is 2.31. The first-order valence-corrected chi connectivity index (χ1v) is 8.30. The van der Waals surface area contributed by atoms with Crippen LogP contribution in [0.3, 0.4) is 0 Å². The van der Waals surface area contributed by atoms with Gasteiger partial charge in [-0.05, 0) is 31.3 Å². The highest BCUT2D eigenvalue weighted by Gasteiger charge is 2.16. The molecule has 130 valence electrons. The largest absolute Gasteiger partial charge is 0.491 e. The highest BCUT2D eigenvalue weighted by atomic mass is 35.5. The first-order valence-electron chi connectivity index (χ1n) is 7.92. The van der Waals surface area contributed by atoms with Gasteiger partial charge in [0.2, 0.25) is 0 Å². The third-order valence-corrected chi connectivity index (χ3v) is 4.00. The molecule has 2 aromatic carbocycles. The molecular weight excluding hydrogens is 340 g/mol. The van der Waals surface area contributed by atoms with E-state index in [1.807, 2.05) is 37.4 Å². The van der Waals surface area contributed by atoms with Gasteiger partial charge in [0, 0.05) is 18.6 Å². The number of aromatic nitrogens is 2. The second kappa shape index (κ2) is 7.55. The molecule has 0 atom stereocenters. The van der Waals surface area contributed by atoms with E-state index >= 15 is 0 Å². The van der Waals surface area contributed by atoms with Crippen LogP contribution < -0.4 is 21.1 Å². The first kappa shape index (κ1) is 17.3. The number of anilines is 1. The zero-order valence-electron chi connectivity index (χ0n) is 14.0. The number of ether oxygens (including phenoxy) is 1. The molecule has 0 spiro atoms. The van der Waals surface area contributed by atoms with E-state index < -0.39 is 0 Å². The van der Waals surface area contributed by atoms with Crippen molar-refractivity contribution >= 4 is 28.3 Å². The maximum atomic E-state index is 12.6. The van der Waals surface area contributed by atoms with Crippen molar-refractivity contribution in [2.75, 3.05) is 32.6 Å². The van der Waals surface area contributed by atoms with Crippen molar-refractivity contribution in [1.82, 2.24) is 14.9 Å². The van der Waals surface area contributed by atoms with Crippen molar-refractivity contribution in [3.63, 3.8) is 0 Å². The molecule has 0 saturated carbocycles. The smallest absolute Gasteiger partial charge is 0.354 e. The topological polar surface area (TPSA) is 68.2 Å². The van der Waals surface area contributed by atoms with Gasteiger partial charge in [0.25, 0.3) is 0 Å². The molecule has 25 heavy (non-hydrogen) atoms. The van der Waals surface area contributed by atoms with Crippen molar-refractivity contribution in [3.8, 4) is 11.4 Å². The third kappa shape index (κ3) is 3.45. The van der Waals surface area contributed by atoms with E-state index in [-0.39, 0.29) is 5.69 Å². The van der Waals surface area contributed by atoms with Crippen molar-refractivity contribution in [3.05, 3.63) is 58.0 Å². The molecule has 2 N–H and O–H groups in total. The lowest BCUT2D eigenvalue weighted by Gasteiger charge is -2.16. The van der Waals surface area contributed by atoms with Crippen LogP contribution in [0.1, 0.15) is 0 Å². The monoisotopic (exact) mass is 358 g/mol. The van der Waals surface area contributed by atoms with E-state index in [4.69, 9.17) is 16.3 Å². The molecule has 3 rings (SSSR count). The lowest BCUT2D eigenvalue weighted by molar-refractivity contribution is 0.322. The highest BCUT2D eigenvalue weighted by Crippen LogP contribution is 2.34. The molecular formula is C18H19ClN4O2. The normalized spacial score (nSPS) is 10.8. The van der Waals surface area contributed by atoms with Crippen LogP contribution in [0.2, 0.25) is 5.02 Å². The zero-order chi connectivity index (χ0) is 17.8. The Bertz CT molecular complexity index is 941. The Labute approximate surface area is 150 Å². The van der Waals surface area contributed by atoms with Gasteiger partial charge in [0.05, 0.1) is 16.6 Å². The SMILES string of the molecule is CNCCOc1cc(Cl)cc2c1c(NC)nc(=O)n2-c1ccccc1. The maximum Gasteiger partial charge on any atom is 0.354 e. The van der Waals surface area contributed by atoms with Gasteiger partial charge < -0.3 is 15.4 Å². The van der Waals surface area contributed by atoms with Crippen LogP contribution in [0, 0.1) is 0 Å². The number of likely N-dealkylation sites (N-methyl/N-ethyl adjacent to an activating group) is 1. The van der Waals surface area contributed by atoms with Gasteiger partial charge >= 0.3 is 5.69 Å². The highest BCUT2D eigenvalue weighted by molar-refractivity contribution is 6.31. The molecule has 0 amide bonds. The standard InChI is InChI=1S/C18H19ClN4O2/c1-20-8-9-25-15-11-12(19)10-14-16(15)17(21-2)22-18(24)23(14)13-6-4-3-5-7-13/h3-7,10-11,20H,8-9H2,1-2H3,(H,21,22,24). The first-order chi connectivity index (χ1) is 12.2. The Morgan fingerprint density at radius 1 is 1.20 bits per heavy atom. The molecule has 1 aromatic heterocycles. The van der Waals surface area contributed by atoms with E-state index in [2.05, 4.69) is 15.6 Å². The molecule has 7 heteroatoms. The van der Waals surface area contributed by atoms with E-state index in [1.54, 1.807) is 19.2 Å². The van der Waals surface area contributed by atoms with Crippen molar-refractivity contribution < 1.29 is 4.74 Å². The molecule has 0 bridgehead atoms. The zero-order valence-corrected chi connectivity index (χ0v) is 14.8. The number of nitrogens with one attached hydrogen (secondary N) is 2. The molecule has 0 fully saturated rings. The second-order valence-corrected chi connectivity index (χ2v) is 5.85. The lowest BCUT2D eigenvalue weighted by Crippen LogP contribution is -2.23. The molecule has 6 nitrogen and oxygen atoms in total. The molecule has 0 aliphatic carbocycles. The quantitative estimate of drug-likeness (QED) is 0.663. The van der Waals surface area contributed by atoms with Gasteiger partial charge in [-0.15, -0.1) is 0 Å². The molecule has 0 radical (unpaired) electrons. The molecule has 1 heterocycles. The molecule has 3 aromatic rings. The maximum absolute atomic E-state index is 12.6. The van der Waals surface area contributed by atoms with E-state index in [1.165, 1.54) is 4.57 Å². The van der Waals surface area contributed by atoms with Crippen LogP contribution in [0.5, 0.6) is 5.75 Å². The lowest BCUT2D eigenvalue weighted by atomic mass is 10.2. The fourth-order valence-corrected chi connectivity index (χ4v) is 2.87. The summed E-state index contributed by atoms with van der Waals surface area (Å²) in [6, 6.07) is 12.8. The average molecular weight is 359 g/mol. The van der Waals surface area contributed by atoms with Crippen LogP contribution in [-0.2, 0) is 0 Å². The number of halogens is 1. The summed E-state index contributed by atoms with van der Waals surface area (Å²) in [5.74, 6) is 1.04. The Kier molecular flexibility index (Phi) is 5.21. The van der Waals surface area contributed by atoms with Crippen molar-refractivity contribution in [2.24, 2.45) is 0 Å². The Morgan fingerprint density at radius 3 is 2.64 bits per heavy atom. The predicted molar refractivity (Wildman–Crippen MR) is 101 cm³/mol. The summed E-state index contributed by atoms with van der Waals surface area (Å²) in [7, 11) is 3.58. The predicted octanol–water partition coefficient (Wildman–Crippen LogP) is 2.68. The minimum Gasteiger partial charge on any atom is -0.491 e. The third-order valence-electron chi connectivity index (χ3n) is 3.78. The van der Waals surface area contributed by atoms with Gasteiger partial charge in [0.1, 0.15) is 18.2 Å². The minimum absolute atomic E-state index is 0.383. The summed E-state index contributed by atoms with van der Waals surface area (Å²) in [4.78, 5) is 16.8. The molecule has 0 aliphatic heterocycles. The number of hydrogen-bond donors (Lipinski definition) is 2. The van der Waals surface area contributed by atoms with Gasteiger partial charge in [0.15, 0.2) is 0 Å². The summed E-state index contributed by atoms with van der Waals surface area (Å²) in [5.41, 5.74) is 0.977. The van der Waals surface area contributed by atoms with E-state index in [0.717, 1.165) is 5.69 Å². The molecule has 0 unspecified atom stereocenters. The van der Waals surface area contributed by atoms with Crippen molar-refractivity contribution in [2.45, 2.75) is 0 Å². The van der Waals surface area contributed by atoms with Gasteiger partial charge in [-0.25, -0.2) is 4.79 Å². The summed E-state index contributed by atoms with van der Waals surface area (Å²) >= 11 is 6.29. The minimum atomic E-state index is -0.383. The van der Waals surface area contributed by atoms with Gasteiger partial charge in [-0.2, -0.15) is 4.98 Å². The van der Waals surface area contributed by atoms with Crippen LogP contribution >= 0.6 is 11.6 Å². The number of para-hydroxylation sites is 1. The number of fused-ring (bicyclic) bond motifs is 1. The summed E-state index contributed by atoms with van der Waals surface area (Å²) in [6.45, 7) is 1.16. The fourth-order valence-electron chi connectivity index (χ4n) is 2.67. The fraction of sp³-hybridized carbons (Fsp3) is 0.222. The summed E-state index contributed by atoms with van der Waals surface area (Å²) < 4.78 is 7.41. The van der Waals surface area contributed by atoms with E-state index in [9.17, 15) is 4.79 Å². The van der Waals surface area contributed by atoms with E-state index in [0.29, 0.717) is 40.6 Å². The molecule has 0 aliphatic rings. The molecule has 0 saturated heterocycles. The number of rotatable bonds is 6. The van der Waals surface area contributed by atoms with Crippen LogP contribution in [0.4, 0.5) is 5.82 Å². The number of nitrogens with zero attached hydrogens (tertiary/aromatic N) is 2. The van der Waals surface area contributed by atoms with Crippen LogP contribution in [-0.4, -0.2) is 36.8 Å². The van der Waals surface area contributed by atoms with Crippen LogP contribution in [0.25, 0.3) is 16.6 Å². The second-order valence-electron chi connectivity index (χ2n) is 5.41. The number of benzene rings is 2. The van der Waals surface area contributed by atoms with Crippen molar-refractivity contribution in [1.29, 1.82) is 0 Å². The van der Waals surface area contributed by atoms with Crippen LogP contribution in [0.15, 0.2) is 47.3 Å².